The molecule has 0 heterocycles. The van der Waals surface area contributed by atoms with Crippen molar-refractivity contribution in [3.05, 3.63) is 70.3 Å². The summed E-state index contributed by atoms with van der Waals surface area (Å²) < 4.78 is 0. The molecule has 0 spiro atoms. The number of hydrogen-bond acceptors (Lipinski definition) is 1. The van der Waals surface area contributed by atoms with E-state index >= 15 is 0 Å². The minimum absolute atomic E-state index is 0.361. The second-order valence-electron chi connectivity index (χ2n) is 6.46. The number of benzene rings is 2. The van der Waals surface area contributed by atoms with Crippen LogP contribution in [0, 0.1) is 13.8 Å². The third-order valence-electron chi connectivity index (χ3n) is 4.63. The predicted molar refractivity (Wildman–Crippen MR) is 87.6 cm³/mol. The summed E-state index contributed by atoms with van der Waals surface area (Å²) >= 11 is 0. The van der Waals surface area contributed by atoms with Crippen LogP contribution >= 0.6 is 0 Å². The Morgan fingerprint density at radius 1 is 1.10 bits per heavy atom. The fraction of sp³-hybridized carbons (Fsp3) is 0.400. The first-order valence-electron chi connectivity index (χ1n) is 7.97. The van der Waals surface area contributed by atoms with Gasteiger partial charge in [-0.25, -0.2) is 0 Å². The molecule has 2 atom stereocenters. The fourth-order valence-electron chi connectivity index (χ4n) is 3.71. The van der Waals surface area contributed by atoms with Gasteiger partial charge in [0.15, 0.2) is 0 Å². The molecule has 3 rings (SSSR count). The van der Waals surface area contributed by atoms with Crippen LogP contribution < -0.4 is 0 Å². The Labute approximate surface area is 127 Å². The summed E-state index contributed by atoms with van der Waals surface area (Å²) in [5.41, 5.74) is 6.45. The van der Waals surface area contributed by atoms with E-state index in [1.54, 1.807) is 0 Å². The maximum Gasteiger partial charge on any atom is 0.0796 e. The van der Waals surface area contributed by atoms with Gasteiger partial charge in [-0.05, 0) is 62.1 Å². The van der Waals surface area contributed by atoms with Gasteiger partial charge in [0.1, 0.15) is 0 Å². The van der Waals surface area contributed by atoms with E-state index in [2.05, 4.69) is 56.3 Å². The zero-order chi connectivity index (χ0) is 14.8. The molecule has 0 amide bonds. The average molecular weight is 280 g/mol. The molecule has 0 fully saturated rings. The lowest BCUT2D eigenvalue weighted by Gasteiger charge is -2.27. The van der Waals surface area contributed by atoms with Crippen molar-refractivity contribution < 1.29 is 5.11 Å². The molecule has 1 aliphatic rings. The molecule has 1 N–H and O–H groups in total. The Kier molecular flexibility index (Phi) is 4.12. The minimum atomic E-state index is -0.361. The van der Waals surface area contributed by atoms with Crippen LogP contribution in [0.2, 0.25) is 0 Å². The Hall–Kier alpha value is -1.60. The first-order chi connectivity index (χ1) is 10.1. The topological polar surface area (TPSA) is 20.2 Å². The highest BCUT2D eigenvalue weighted by Crippen LogP contribution is 2.37. The van der Waals surface area contributed by atoms with Gasteiger partial charge in [-0.1, -0.05) is 53.6 Å². The van der Waals surface area contributed by atoms with Gasteiger partial charge in [-0.15, -0.1) is 0 Å². The molecular weight excluding hydrogens is 256 g/mol. The first-order valence-corrected chi connectivity index (χ1v) is 7.97. The molecule has 0 saturated heterocycles. The standard InChI is InChI=1S/C20H24O/c1-14-10-15(2)12-18(11-14)20(21)13-17-8-5-7-16-6-3-4-9-19(16)17/h3-4,6,9-12,17,20-21H,5,7-8,13H2,1-2H3. The second kappa shape index (κ2) is 6.03. The van der Waals surface area contributed by atoms with E-state index in [1.165, 1.54) is 41.5 Å². The molecule has 2 aromatic carbocycles. The lowest BCUT2D eigenvalue weighted by molar-refractivity contribution is 0.154. The lowest BCUT2D eigenvalue weighted by Crippen LogP contribution is -2.13. The van der Waals surface area contributed by atoms with E-state index < -0.39 is 0 Å². The summed E-state index contributed by atoms with van der Waals surface area (Å²) in [6.07, 6.45) is 4.09. The Morgan fingerprint density at radius 2 is 1.81 bits per heavy atom. The zero-order valence-electron chi connectivity index (χ0n) is 13.0. The van der Waals surface area contributed by atoms with Gasteiger partial charge < -0.3 is 5.11 Å². The van der Waals surface area contributed by atoms with Gasteiger partial charge >= 0.3 is 0 Å². The van der Waals surface area contributed by atoms with Crippen molar-refractivity contribution in [3.63, 3.8) is 0 Å². The van der Waals surface area contributed by atoms with Gasteiger partial charge in [0.2, 0.25) is 0 Å². The Morgan fingerprint density at radius 3 is 2.57 bits per heavy atom. The first kappa shape index (κ1) is 14.3. The van der Waals surface area contributed by atoms with E-state index in [1.807, 2.05) is 0 Å². The molecule has 0 saturated carbocycles. The van der Waals surface area contributed by atoms with Crippen molar-refractivity contribution in [1.29, 1.82) is 0 Å². The van der Waals surface area contributed by atoms with Crippen molar-refractivity contribution in [3.8, 4) is 0 Å². The average Bonchev–Trinajstić information content (AvgIpc) is 2.46. The van der Waals surface area contributed by atoms with E-state index in [-0.39, 0.29) is 6.10 Å². The number of aliphatic hydroxyl groups excluding tert-OH is 1. The monoisotopic (exact) mass is 280 g/mol. The van der Waals surface area contributed by atoms with Gasteiger partial charge in [-0.3, -0.25) is 0 Å². The van der Waals surface area contributed by atoms with E-state index in [0.29, 0.717) is 5.92 Å². The van der Waals surface area contributed by atoms with Crippen LogP contribution in [0.15, 0.2) is 42.5 Å². The zero-order valence-corrected chi connectivity index (χ0v) is 13.0. The predicted octanol–water partition coefficient (Wildman–Crippen LogP) is 4.85. The van der Waals surface area contributed by atoms with Crippen LogP contribution in [-0.2, 0) is 6.42 Å². The highest BCUT2D eigenvalue weighted by Gasteiger charge is 2.23. The molecule has 0 aromatic heterocycles. The van der Waals surface area contributed by atoms with Crippen LogP contribution in [0.1, 0.15) is 59.1 Å². The maximum atomic E-state index is 10.6. The number of fused-ring (bicyclic) bond motifs is 1. The van der Waals surface area contributed by atoms with Crippen molar-refractivity contribution in [2.24, 2.45) is 0 Å². The minimum Gasteiger partial charge on any atom is -0.388 e. The largest absolute Gasteiger partial charge is 0.388 e. The van der Waals surface area contributed by atoms with Gasteiger partial charge in [0.25, 0.3) is 0 Å². The van der Waals surface area contributed by atoms with Crippen LogP contribution in [0.3, 0.4) is 0 Å². The van der Waals surface area contributed by atoms with Crippen molar-refractivity contribution in [2.75, 3.05) is 0 Å². The third kappa shape index (κ3) is 3.19. The highest BCUT2D eigenvalue weighted by atomic mass is 16.3. The fourth-order valence-corrected chi connectivity index (χ4v) is 3.71. The van der Waals surface area contributed by atoms with Crippen molar-refractivity contribution in [2.45, 2.75) is 51.6 Å². The summed E-state index contributed by atoms with van der Waals surface area (Å²) in [5.74, 6) is 0.491. The Balaban J connectivity index is 1.81. The van der Waals surface area contributed by atoms with Crippen LogP contribution in [-0.4, -0.2) is 5.11 Å². The maximum absolute atomic E-state index is 10.6. The number of rotatable bonds is 3. The van der Waals surface area contributed by atoms with Crippen LogP contribution in [0.4, 0.5) is 0 Å². The van der Waals surface area contributed by atoms with Crippen LogP contribution in [0.5, 0.6) is 0 Å². The molecule has 0 radical (unpaired) electrons. The number of aryl methyl sites for hydroxylation is 3. The van der Waals surface area contributed by atoms with Gasteiger partial charge in [0, 0.05) is 0 Å². The van der Waals surface area contributed by atoms with E-state index in [4.69, 9.17) is 0 Å². The molecule has 2 unspecified atom stereocenters. The normalized spacial score (nSPS) is 19.1. The number of hydrogen-bond donors (Lipinski definition) is 1. The molecule has 1 aliphatic carbocycles. The van der Waals surface area contributed by atoms with Gasteiger partial charge in [-0.2, -0.15) is 0 Å². The molecule has 0 aliphatic heterocycles. The smallest absolute Gasteiger partial charge is 0.0796 e. The summed E-state index contributed by atoms with van der Waals surface area (Å²) in [6.45, 7) is 4.19. The molecule has 21 heavy (non-hydrogen) atoms. The van der Waals surface area contributed by atoms with Crippen LogP contribution in [0.25, 0.3) is 0 Å². The molecule has 110 valence electrons. The quantitative estimate of drug-likeness (QED) is 0.852. The number of aliphatic hydroxyl groups is 1. The highest BCUT2D eigenvalue weighted by molar-refractivity contribution is 5.34. The molecule has 0 bridgehead atoms. The summed E-state index contributed by atoms with van der Waals surface area (Å²) in [5, 5.41) is 10.6. The molecule has 2 aromatic rings. The SMILES string of the molecule is Cc1cc(C)cc(C(O)CC2CCCc3ccccc32)c1. The van der Waals surface area contributed by atoms with Gasteiger partial charge in [0.05, 0.1) is 6.10 Å². The third-order valence-corrected chi connectivity index (χ3v) is 4.63. The summed E-state index contributed by atoms with van der Waals surface area (Å²) in [4.78, 5) is 0. The molecular formula is C20H24O. The van der Waals surface area contributed by atoms with Crippen molar-refractivity contribution >= 4 is 0 Å². The van der Waals surface area contributed by atoms with E-state index in [9.17, 15) is 5.11 Å². The molecule has 1 nitrogen and oxygen atoms in total. The summed E-state index contributed by atoms with van der Waals surface area (Å²) in [7, 11) is 0. The summed E-state index contributed by atoms with van der Waals surface area (Å²) in [6, 6.07) is 15.1. The van der Waals surface area contributed by atoms with E-state index in [0.717, 1.165) is 12.0 Å². The van der Waals surface area contributed by atoms with Crippen molar-refractivity contribution in [1.82, 2.24) is 0 Å². The Bertz CT molecular complexity index is 609. The second-order valence-corrected chi connectivity index (χ2v) is 6.46. The lowest BCUT2D eigenvalue weighted by atomic mass is 9.79. The molecule has 1 heteroatoms.